The van der Waals surface area contributed by atoms with Crippen molar-refractivity contribution in [2.24, 2.45) is 0 Å². The van der Waals surface area contributed by atoms with E-state index in [4.69, 9.17) is 27.5 Å². The quantitative estimate of drug-likeness (QED) is 0.229. The molecule has 0 bridgehead atoms. The number of carbonyl (C=O) groups is 1. The highest BCUT2D eigenvalue weighted by Gasteiger charge is 2.39. The van der Waals surface area contributed by atoms with Crippen LogP contribution in [0.2, 0.25) is 6.04 Å². The van der Waals surface area contributed by atoms with Crippen molar-refractivity contribution in [1.82, 2.24) is 5.32 Å². The van der Waals surface area contributed by atoms with E-state index in [-0.39, 0.29) is 6.09 Å². The van der Waals surface area contributed by atoms with E-state index in [1.165, 1.54) is 0 Å². The number of rotatable bonds is 19. The molecule has 8 nitrogen and oxygen atoms in total. The summed E-state index contributed by atoms with van der Waals surface area (Å²) >= 11 is 0. The second-order valence-electron chi connectivity index (χ2n) is 7.09. The second-order valence-corrected chi connectivity index (χ2v) is 9.82. The number of carbonyl (C=O) groups excluding carboxylic acids is 1. The molecular weight excluding hydrogens is 430 g/mol. The second kappa shape index (κ2) is 17.7. The summed E-state index contributed by atoms with van der Waals surface area (Å²) in [6, 6.07) is 8.26. The Bertz CT molecular complexity index is 601. The van der Waals surface area contributed by atoms with Crippen LogP contribution in [0.15, 0.2) is 24.3 Å². The van der Waals surface area contributed by atoms with Crippen LogP contribution >= 0.6 is 0 Å². The lowest BCUT2D eigenvalue weighted by molar-refractivity contribution is 0.0706. The van der Waals surface area contributed by atoms with E-state index in [2.05, 4.69) is 5.32 Å². The maximum atomic E-state index is 11.8. The number of alkyl carbamates (subject to hydrolysis) is 1. The molecule has 0 fully saturated rings. The summed E-state index contributed by atoms with van der Waals surface area (Å²) in [5.41, 5.74) is 0. The SMILES string of the molecule is CCO[Si](CCCNC(=O)OCCCCCCOc1cccc(OC)c1)(OCC)OCC. The summed E-state index contributed by atoms with van der Waals surface area (Å²) in [7, 11) is -1.01. The predicted molar refractivity (Wildman–Crippen MR) is 126 cm³/mol. The average molecular weight is 472 g/mol. The van der Waals surface area contributed by atoms with Crippen molar-refractivity contribution in [3.8, 4) is 11.5 Å². The first-order chi connectivity index (χ1) is 15.6. The molecule has 0 atom stereocenters. The molecule has 9 heteroatoms. The highest BCUT2D eigenvalue weighted by molar-refractivity contribution is 6.60. The van der Waals surface area contributed by atoms with Crippen molar-refractivity contribution < 1.29 is 32.3 Å². The molecule has 0 aliphatic rings. The van der Waals surface area contributed by atoms with Crippen molar-refractivity contribution in [1.29, 1.82) is 0 Å². The van der Waals surface area contributed by atoms with Gasteiger partial charge in [-0.3, -0.25) is 0 Å². The van der Waals surface area contributed by atoms with Gasteiger partial charge in [0.05, 0.1) is 20.3 Å². The summed E-state index contributed by atoms with van der Waals surface area (Å²) in [6.07, 6.45) is 4.13. The molecule has 1 amide bonds. The zero-order valence-electron chi connectivity index (χ0n) is 20.2. The third kappa shape index (κ3) is 12.3. The van der Waals surface area contributed by atoms with E-state index in [1.54, 1.807) is 7.11 Å². The Morgan fingerprint density at radius 1 is 0.875 bits per heavy atom. The molecule has 0 radical (unpaired) electrons. The topological polar surface area (TPSA) is 84.5 Å². The highest BCUT2D eigenvalue weighted by Crippen LogP contribution is 2.19. The Morgan fingerprint density at radius 2 is 1.50 bits per heavy atom. The summed E-state index contributed by atoms with van der Waals surface area (Å²) in [5.74, 6) is 1.60. The van der Waals surface area contributed by atoms with Gasteiger partial charge in [0, 0.05) is 38.5 Å². The van der Waals surface area contributed by atoms with Gasteiger partial charge in [-0.1, -0.05) is 6.07 Å². The summed E-state index contributed by atoms with van der Waals surface area (Å²) in [6.45, 7) is 9.03. The van der Waals surface area contributed by atoms with E-state index >= 15 is 0 Å². The molecule has 0 aliphatic heterocycles. The molecule has 0 unspecified atom stereocenters. The summed E-state index contributed by atoms with van der Waals surface area (Å²) in [5, 5.41) is 2.78. The fraction of sp³-hybridized carbons (Fsp3) is 0.696. The molecule has 1 aromatic rings. The van der Waals surface area contributed by atoms with Crippen molar-refractivity contribution in [3.63, 3.8) is 0 Å². The molecule has 184 valence electrons. The molecule has 0 heterocycles. The third-order valence-electron chi connectivity index (χ3n) is 4.60. The van der Waals surface area contributed by atoms with Gasteiger partial charge in [-0.25, -0.2) is 4.79 Å². The monoisotopic (exact) mass is 471 g/mol. The van der Waals surface area contributed by atoms with Gasteiger partial charge < -0.3 is 32.8 Å². The minimum Gasteiger partial charge on any atom is -0.497 e. The number of amides is 1. The largest absolute Gasteiger partial charge is 0.500 e. The Morgan fingerprint density at radius 3 is 2.12 bits per heavy atom. The Hall–Kier alpha value is -1.81. The van der Waals surface area contributed by atoms with Gasteiger partial charge >= 0.3 is 14.9 Å². The van der Waals surface area contributed by atoms with Crippen LogP contribution in [0.1, 0.15) is 52.9 Å². The molecule has 0 saturated heterocycles. The van der Waals surface area contributed by atoms with Crippen LogP contribution in [-0.2, 0) is 18.0 Å². The zero-order valence-corrected chi connectivity index (χ0v) is 21.2. The summed E-state index contributed by atoms with van der Waals surface area (Å²) in [4.78, 5) is 11.8. The molecule has 1 aromatic carbocycles. The Labute approximate surface area is 194 Å². The number of methoxy groups -OCH3 is 1. The van der Waals surface area contributed by atoms with Gasteiger partial charge in [-0.2, -0.15) is 0 Å². The minimum absolute atomic E-state index is 0.386. The normalized spacial score (nSPS) is 11.2. The zero-order chi connectivity index (χ0) is 23.5. The predicted octanol–water partition coefficient (Wildman–Crippen LogP) is 4.80. The lowest BCUT2D eigenvalue weighted by Gasteiger charge is -2.28. The van der Waals surface area contributed by atoms with Crippen LogP contribution in [0.4, 0.5) is 4.79 Å². The first-order valence-electron chi connectivity index (χ1n) is 11.7. The molecule has 0 aliphatic carbocycles. The van der Waals surface area contributed by atoms with Crippen LogP contribution in [0, 0.1) is 0 Å². The van der Waals surface area contributed by atoms with Crippen molar-refractivity contribution in [2.75, 3.05) is 46.7 Å². The van der Waals surface area contributed by atoms with Crippen LogP contribution in [0.5, 0.6) is 11.5 Å². The van der Waals surface area contributed by atoms with Crippen molar-refractivity contribution >= 4 is 14.9 Å². The standard InChI is InChI=1S/C23H41NO7Si/c1-5-29-32(30-6-2,31-7-3)19-13-16-24-23(25)28-18-11-9-8-10-17-27-22-15-12-14-21(20-22)26-4/h12,14-15,20H,5-11,13,16-19H2,1-4H3,(H,24,25). The number of hydrogen-bond donors (Lipinski definition) is 1. The number of benzene rings is 1. The molecule has 32 heavy (non-hydrogen) atoms. The van der Waals surface area contributed by atoms with Gasteiger partial charge in [-0.05, 0) is 65.0 Å². The number of hydrogen-bond acceptors (Lipinski definition) is 7. The Balaban J connectivity index is 2.06. The van der Waals surface area contributed by atoms with E-state index < -0.39 is 8.80 Å². The number of nitrogens with one attached hydrogen (secondary N) is 1. The fourth-order valence-corrected chi connectivity index (χ4v) is 5.76. The van der Waals surface area contributed by atoms with Gasteiger partial charge in [0.25, 0.3) is 0 Å². The third-order valence-corrected chi connectivity index (χ3v) is 7.76. The lowest BCUT2D eigenvalue weighted by Crippen LogP contribution is -2.46. The van der Waals surface area contributed by atoms with E-state index in [1.807, 2.05) is 45.0 Å². The van der Waals surface area contributed by atoms with E-state index in [0.717, 1.165) is 37.2 Å². The van der Waals surface area contributed by atoms with Gasteiger partial charge in [0.2, 0.25) is 0 Å². The van der Waals surface area contributed by atoms with Crippen LogP contribution in [-0.4, -0.2) is 61.6 Å². The maximum Gasteiger partial charge on any atom is 0.500 e. The number of unbranched alkanes of at least 4 members (excludes halogenated alkanes) is 3. The van der Waals surface area contributed by atoms with Gasteiger partial charge in [0.15, 0.2) is 0 Å². The minimum atomic E-state index is -2.65. The maximum absolute atomic E-state index is 11.8. The van der Waals surface area contributed by atoms with E-state index in [0.29, 0.717) is 52.0 Å². The smallest absolute Gasteiger partial charge is 0.497 e. The molecule has 0 spiro atoms. The highest BCUT2D eigenvalue weighted by atomic mass is 28.4. The molecule has 0 saturated carbocycles. The lowest BCUT2D eigenvalue weighted by atomic mass is 10.2. The van der Waals surface area contributed by atoms with Crippen LogP contribution in [0.3, 0.4) is 0 Å². The molecule has 0 aromatic heterocycles. The van der Waals surface area contributed by atoms with Crippen molar-refractivity contribution in [3.05, 3.63) is 24.3 Å². The molecular formula is C23H41NO7Si. The van der Waals surface area contributed by atoms with Crippen LogP contribution in [0.25, 0.3) is 0 Å². The first kappa shape index (κ1) is 28.2. The summed E-state index contributed by atoms with van der Waals surface area (Å²) < 4.78 is 33.6. The van der Waals surface area contributed by atoms with Gasteiger partial charge in [0.1, 0.15) is 11.5 Å². The first-order valence-corrected chi connectivity index (χ1v) is 13.6. The van der Waals surface area contributed by atoms with Crippen LogP contribution < -0.4 is 14.8 Å². The fourth-order valence-electron chi connectivity index (χ4n) is 3.15. The van der Waals surface area contributed by atoms with E-state index in [9.17, 15) is 4.79 Å². The molecule has 1 rings (SSSR count). The van der Waals surface area contributed by atoms with Crippen molar-refractivity contribution in [2.45, 2.75) is 58.9 Å². The van der Waals surface area contributed by atoms with Gasteiger partial charge in [-0.15, -0.1) is 0 Å². The number of ether oxygens (including phenoxy) is 3. The Kier molecular flexibility index (Phi) is 15.6. The average Bonchev–Trinajstić information content (AvgIpc) is 2.79. The molecule has 1 N–H and O–H groups in total.